The Morgan fingerprint density at radius 1 is 1.29 bits per heavy atom. The van der Waals surface area contributed by atoms with E-state index in [9.17, 15) is 14.4 Å². The predicted octanol–water partition coefficient (Wildman–Crippen LogP) is 1.01. The lowest BCUT2D eigenvalue weighted by atomic mass is 10.0. The molecule has 1 aromatic carbocycles. The van der Waals surface area contributed by atoms with E-state index in [2.05, 4.69) is 20.7 Å². The minimum absolute atomic E-state index is 0.0310. The molecule has 0 saturated heterocycles. The van der Waals surface area contributed by atoms with Crippen LogP contribution in [0, 0.1) is 0 Å². The number of amides is 2. The normalized spacial score (nSPS) is 16.2. The quantitative estimate of drug-likeness (QED) is 0.751. The van der Waals surface area contributed by atoms with Crippen LogP contribution < -0.4 is 10.6 Å². The molecule has 1 aromatic heterocycles. The number of benzene rings is 1. The van der Waals surface area contributed by atoms with Crippen molar-refractivity contribution in [3.8, 4) is 0 Å². The van der Waals surface area contributed by atoms with Crippen LogP contribution in [0.2, 0.25) is 0 Å². The predicted molar refractivity (Wildman–Crippen MR) is 83.3 cm³/mol. The molecule has 0 saturated carbocycles. The molecular formula is C15H15N5O4. The average molecular weight is 329 g/mol. The minimum Gasteiger partial charge on any atom is -0.481 e. The van der Waals surface area contributed by atoms with E-state index >= 15 is 0 Å². The Kier molecular flexibility index (Phi) is 4.23. The lowest BCUT2D eigenvalue weighted by molar-refractivity contribution is -0.138. The van der Waals surface area contributed by atoms with Crippen LogP contribution in [0.1, 0.15) is 30.9 Å². The largest absolute Gasteiger partial charge is 0.481 e. The number of hydrogen-bond donors (Lipinski definition) is 3. The molecule has 2 heterocycles. The first kappa shape index (κ1) is 15.7. The molecule has 0 aliphatic carbocycles. The number of rotatable bonds is 5. The van der Waals surface area contributed by atoms with Crippen molar-refractivity contribution in [1.82, 2.24) is 14.8 Å². The van der Waals surface area contributed by atoms with Crippen LogP contribution in [0.15, 0.2) is 30.3 Å². The third kappa shape index (κ3) is 3.40. The fourth-order valence-corrected chi connectivity index (χ4v) is 2.46. The molecule has 9 heteroatoms. The fourth-order valence-electron chi connectivity index (χ4n) is 2.46. The summed E-state index contributed by atoms with van der Waals surface area (Å²) in [4.78, 5) is 38.1. The maximum absolute atomic E-state index is 11.9. The van der Waals surface area contributed by atoms with Gasteiger partial charge in [-0.15, -0.1) is 5.10 Å². The molecule has 3 N–H and O–H groups in total. The van der Waals surface area contributed by atoms with Crippen LogP contribution in [0.25, 0.3) is 0 Å². The monoisotopic (exact) mass is 329 g/mol. The Labute approximate surface area is 136 Å². The van der Waals surface area contributed by atoms with Crippen LogP contribution >= 0.6 is 0 Å². The Bertz CT molecular complexity index is 786. The van der Waals surface area contributed by atoms with Gasteiger partial charge in [-0.1, -0.05) is 30.3 Å². The van der Waals surface area contributed by atoms with E-state index in [0.29, 0.717) is 0 Å². The third-order valence-corrected chi connectivity index (χ3v) is 3.56. The van der Waals surface area contributed by atoms with Crippen molar-refractivity contribution in [2.45, 2.75) is 25.3 Å². The van der Waals surface area contributed by atoms with Crippen molar-refractivity contribution in [3.05, 3.63) is 35.9 Å². The van der Waals surface area contributed by atoms with Gasteiger partial charge in [0, 0.05) is 6.42 Å². The zero-order chi connectivity index (χ0) is 17.1. The molecule has 24 heavy (non-hydrogen) atoms. The first-order valence-electron chi connectivity index (χ1n) is 7.36. The summed E-state index contributed by atoms with van der Waals surface area (Å²) in [6, 6.07) is 9.08. The number of aromatic nitrogens is 3. The van der Waals surface area contributed by atoms with Gasteiger partial charge in [0.1, 0.15) is 0 Å². The van der Waals surface area contributed by atoms with E-state index in [-0.39, 0.29) is 43.1 Å². The number of nitrogens with zero attached hydrogens (tertiary/aromatic N) is 3. The summed E-state index contributed by atoms with van der Waals surface area (Å²) < 4.78 is 1.55. The molecule has 0 fully saturated rings. The Balaban J connectivity index is 1.81. The summed E-state index contributed by atoms with van der Waals surface area (Å²) in [6.07, 6.45) is -0.233. The van der Waals surface area contributed by atoms with Crippen molar-refractivity contribution < 1.29 is 19.5 Å². The second-order valence-electron chi connectivity index (χ2n) is 5.32. The summed E-state index contributed by atoms with van der Waals surface area (Å²) in [5, 5.41) is 17.9. The molecule has 0 radical (unpaired) electrons. The molecule has 1 aliphatic rings. The second-order valence-corrected chi connectivity index (χ2v) is 5.32. The molecule has 2 aromatic rings. The highest BCUT2D eigenvalue weighted by Crippen LogP contribution is 2.29. The number of nitrogens with one attached hydrogen (secondary N) is 2. The van der Waals surface area contributed by atoms with Crippen molar-refractivity contribution in [1.29, 1.82) is 0 Å². The van der Waals surface area contributed by atoms with E-state index in [0.717, 1.165) is 5.56 Å². The van der Waals surface area contributed by atoms with Gasteiger partial charge in [-0.2, -0.15) is 4.98 Å². The highest BCUT2D eigenvalue weighted by molar-refractivity contribution is 5.93. The third-order valence-electron chi connectivity index (χ3n) is 3.56. The number of hydrogen-bond acceptors (Lipinski definition) is 5. The van der Waals surface area contributed by atoms with Gasteiger partial charge in [0.2, 0.25) is 17.8 Å². The van der Waals surface area contributed by atoms with Gasteiger partial charge in [0.05, 0.1) is 18.9 Å². The molecule has 9 nitrogen and oxygen atoms in total. The summed E-state index contributed by atoms with van der Waals surface area (Å²) in [5.74, 6) is -1.47. The first-order valence-corrected chi connectivity index (χ1v) is 7.36. The standard InChI is InChI=1S/C15H15N5O4/c21-11(6-7-13(23)24)16-14-18-15-17-12(22)8-10(20(15)19-14)9-4-2-1-3-5-9/h1-5,10H,6-8H2,(H,23,24)(H2,16,17,18,19,21,22)/t10-/m0/s1. The van der Waals surface area contributed by atoms with E-state index in [1.165, 1.54) is 0 Å². The topological polar surface area (TPSA) is 126 Å². The number of carboxylic acid groups (broad SMARTS) is 1. The number of fused-ring (bicyclic) bond motifs is 1. The fraction of sp³-hybridized carbons (Fsp3) is 0.267. The highest BCUT2D eigenvalue weighted by atomic mass is 16.4. The van der Waals surface area contributed by atoms with Gasteiger partial charge in [-0.3, -0.25) is 25.0 Å². The molecule has 2 amide bonds. The summed E-state index contributed by atoms with van der Waals surface area (Å²) in [6.45, 7) is 0. The van der Waals surface area contributed by atoms with Crippen molar-refractivity contribution in [3.63, 3.8) is 0 Å². The molecular weight excluding hydrogens is 314 g/mol. The number of carbonyl (C=O) groups excluding carboxylic acids is 2. The maximum Gasteiger partial charge on any atom is 0.303 e. The van der Waals surface area contributed by atoms with Gasteiger partial charge in [-0.25, -0.2) is 4.68 Å². The Morgan fingerprint density at radius 2 is 2.04 bits per heavy atom. The molecule has 1 aliphatic heterocycles. The zero-order valence-corrected chi connectivity index (χ0v) is 12.6. The van der Waals surface area contributed by atoms with Gasteiger partial charge < -0.3 is 5.11 Å². The van der Waals surface area contributed by atoms with Crippen molar-refractivity contribution >= 4 is 29.7 Å². The lowest BCUT2D eigenvalue weighted by Gasteiger charge is -2.23. The number of aliphatic carboxylic acids is 1. The highest BCUT2D eigenvalue weighted by Gasteiger charge is 2.29. The lowest BCUT2D eigenvalue weighted by Crippen LogP contribution is -2.29. The van der Waals surface area contributed by atoms with E-state index in [1.807, 2.05) is 30.3 Å². The number of anilines is 2. The summed E-state index contributed by atoms with van der Waals surface area (Å²) in [7, 11) is 0. The second kappa shape index (κ2) is 6.49. The van der Waals surface area contributed by atoms with E-state index < -0.39 is 11.9 Å². The average Bonchev–Trinajstić information content (AvgIpc) is 2.95. The van der Waals surface area contributed by atoms with Crippen LogP contribution in [0.4, 0.5) is 11.9 Å². The first-order chi connectivity index (χ1) is 11.5. The zero-order valence-electron chi connectivity index (χ0n) is 12.6. The van der Waals surface area contributed by atoms with E-state index in [4.69, 9.17) is 5.11 Å². The Morgan fingerprint density at radius 3 is 2.75 bits per heavy atom. The van der Waals surface area contributed by atoms with Crippen LogP contribution in [-0.4, -0.2) is 37.7 Å². The van der Waals surface area contributed by atoms with Crippen LogP contribution in [-0.2, 0) is 14.4 Å². The van der Waals surface area contributed by atoms with Gasteiger partial charge in [-0.05, 0) is 5.56 Å². The molecule has 3 rings (SSSR count). The van der Waals surface area contributed by atoms with Gasteiger partial charge in [0.15, 0.2) is 0 Å². The summed E-state index contributed by atoms with van der Waals surface area (Å²) >= 11 is 0. The molecule has 0 bridgehead atoms. The number of carbonyl (C=O) groups is 3. The minimum atomic E-state index is -1.06. The summed E-state index contributed by atoms with van der Waals surface area (Å²) in [5.41, 5.74) is 0.905. The molecule has 0 spiro atoms. The smallest absolute Gasteiger partial charge is 0.303 e. The van der Waals surface area contributed by atoms with Gasteiger partial charge in [0.25, 0.3) is 5.95 Å². The molecule has 124 valence electrons. The van der Waals surface area contributed by atoms with Gasteiger partial charge >= 0.3 is 5.97 Å². The van der Waals surface area contributed by atoms with Crippen LogP contribution in [0.5, 0.6) is 0 Å². The van der Waals surface area contributed by atoms with E-state index in [1.54, 1.807) is 4.68 Å². The van der Waals surface area contributed by atoms with Crippen LogP contribution in [0.3, 0.4) is 0 Å². The van der Waals surface area contributed by atoms with Crippen molar-refractivity contribution in [2.24, 2.45) is 0 Å². The Hall–Kier alpha value is -3.23. The maximum atomic E-state index is 11.9. The number of carboxylic acids is 1. The van der Waals surface area contributed by atoms with Crippen molar-refractivity contribution in [2.75, 3.05) is 10.6 Å². The molecule has 0 unspecified atom stereocenters. The SMILES string of the molecule is O=C(O)CCC(=O)Nc1nc2n(n1)[C@H](c1ccccc1)CC(=O)N2. The molecule has 1 atom stereocenters.